The molecule has 10 heteroatoms. The Morgan fingerprint density at radius 1 is 1.06 bits per heavy atom. The summed E-state index contributed by atoms with van der Waals surface area (Å²) in [5.41, 5.74) is 1.12. The number of rotatable bonds is 9. The minimum Gasteiger partial charge on any atom is -0.512 e. The van der Waals surface area contributed by atoms with Gasteiger partial charge in [-0.2, -0.15) is 0 Å². The number of benzene rings is 1. The minimum atomic E-state index is -1.80. The predicted octanol–water partition coefficient (Wildman–Crippen LogP) is 2.11. The molecule has 2 aliphatic rings. The van der Waals surface area contributed by atoms with Gasteiger partial charge < -0.3 is 24.3 Å². The Labute approximate surface area is 213 Å². The Bertz CT molecular complexity index is 1010. The fourth-order valence-electron chi connectivity index (χ4n) is 5.74. The molecule has 0 radical (unpaired) electrons. The maximum Gasteiger partial charge on any atom is 0.493 e. The van der Waals surface area contributed by atoms with Gasteiger partial charge in [0.1, 0.15) is 11.7 Å². The topological polar surface area (TPSA) is 102 Å². The van der Waals surface area contributed by atoms with Crippen LogP contribution in [0.5, 0.6) is 0 Å². The van der Waals surface area contributed by atoms with Crippen LogP contribution in [0.15, 0.2) is 48.9 Å². The van der Waals surface area contributed by atoms with Gasteiger partial charge in [0.2, 0.25) is 5.91 Å². The number of aromatic nitrogens is 2. The highest BCUT2D eigenvalue weighted by atomic mass is 16.6. The molecule has 1 aromatic heterocycles. The van der Waals surface area contributed by atoms with Gasteiger partial charge in [0, 0.05) is 70.9 Å². The van der Waals surface area contributed by atoms with Gasteiger partial charge in [-0.15, -0.1) is 0 Å². The molecule has 2 aliphatic heterocycles. The molecule has 2 N–H and O–H groups in total. The summed E-state index contributed by atoms with van der Waals surface area (Å²) < 4.78 is 13.6. The van der Waals surface area contributed by atoms with Crippen LogP contribution in [0.25, 0.3) is 0 Å². The predicted molar refractivity (Wildman–Crippen MR) is 138 cm³/mol. The highest BCUT2D eigenvalue weighted by molar-refractivity contribution is 6.62. The largest absolute Gasteiger partial charge is 0.512 e. The fourth-order valence-corrected chi connectivity index (χ4v) is 5.74. The Hall–Kier alpha value is -2.82. The van der Waals surface area contributed by atoms with E-state index in [0.29, 0.717) is 29.9 Å². The molecule has 2 aromatic rings. The lowest BCUT2D eigenvalue weighted by Crippen LogP contribution is -2.82. The van der Waals surface area contributed by atoms with Crippen molar-refractivity contribution in [2.75, 3.05) is 33.4 Å². The normalized spacial score (nSPS) is 25.4. The second-order valence-corrected chi connectivity index (χ2v) is 10.7. The highest BCUT2D eigenvalue weighted by Crippen LogP contribution is 2.35. The lowest BCUT2D eigenvalue weighted by atomic mass is 9.54. The van der Waals surface area contributed by atoms with Gasteiger partial charge in [-0.05, 0) is 11.5 Å². The van der Waals surface area contributed by atoms with Crippen LogP contribution in [-0.2, 0) is 20.5 Å². The average Bonchev–Trinajstić information content (AvgIpc) is 2.88. The maximum atomic E-state index is 13.9. The number of amides is 2. The van der Waals surface area contributed by atoms with E-state index in [9.17, 15) is 9.59 Å². The second kappa shape index (κ2) is 11.5. The number of nitrogens with one attached hydrogen (secondary N) is 2. The number of quaternary nitrogens is 1. The standard InChI is InChI=1S/C26H38BN5O4/c1-20(2)17-24(27-32(3,13-7-15-35-27)14-8-16-36-27)31-25(33)22(18-21-9-5-4-6-10-21)30-26(34)23-19-28-11-12-29-23/h4-6,9-12,19-20,22,24H,7-8,13-18H2,1-3H3,(H,30,34)(H,31,33)/t22-,24-,27?,32?/m0/s1. The average molecular weight is 495 g/mol. The van der Waals surface area contributed by atoms with Crippen LogP contribution in [0.3, 0.4) is 0 Å². The summed E-state index contributed by atoms with van der Waals surface area (Å²) in [6, 6.07) is 8.88. The van der Waals surface area contributed by atoms with E-state index in [2.05, 4.69) is 41.5 Å². The van der Waals surface area contributed by atoms with Gasteiger partial charge in [0.05, 0.1) is 6.20 Å². The van der Waals surface area contributed by atoms with Crippen molar-refractivity contribution in [2.24, 2.45) is 5.92 Å². The molecule has 4 rings (SSSR count). The molecule has 36 heavy (non-hydrogen) atoms. The van der Waals surface area contributed by atoms with E-state index in [-0.39, 0.29) is 17.5 Å². The minimum absolute atomic E-state index is 0.167. The first-order chi connectivity index (χ1) is 17.3. The summed E-state index contributed by atoms with van der Waals surface area (Å²) in [5.74, 6) is -0.688. The smallest absolute Gasteiger partial charge is 0.493 e. The summed E-state index contributed by atoms with van der Waals surface area (Å²) in [5, 5.41) is 6.17. The van der Waals surface area contributed by atoms with E-state index in [4.69, 9.17) is 9.31 Å². The SMILES string of the molecule is CC(C)C[C@H](NC(=O)[C@H](Cc1ccccc1)NC(=O)c1cnccn1)[B-]12OCCC[N+]1(C)CCCO2. The zero-order valence-corrected chi connectivity index (χ0v) is 21.6. The summed E-state index contributed by atoms with van der Waals surface area (Å²) in [4.78, 5) is 34.9. The monoisotopic (exact) mass is 495 g/mol. The third-order valence-corrected chi connectivity index (χ3v) is 7.47. The molecule has 2 amide bonds. The van der Waals surface area contributed by atoms with Crippen molar-refractivity contribution in [3.05, 3.63) is 60.2 Å². The van der Waals surface area contributed by atoms with Crippen LogP contribution in [0.2, 0.25) is 0 Å². The first-order valence-electron chi connectivity index (χ1n) is 13.0. The third kappa shape index (κ3) is 5.77. The maximum absolute atomic E-state index is 13.9. The number of nitrogens with zero attached hydrogens (tertiary/aromatic N) is 3. The van der Waals surface area contributed by atoms with Crippen LogP contribution in [0, 0.1) is 5.92 Å². The molecule has 0 aliphatic carbocycles. The number of carbonyl (C=O) groups is 2. The highest BCUT2D eigenvalue weighted by Gasteiger charge is 2.58. The van der Waals surface area contributed by atoms with E-state index < -0.39 is 18.6 Å². The first kappa shape index (κ1) is 26.3. The van der Waals surface area contributed by atoms with E-state index in [1.54, 1.807) is 0 Å². The fraction of sp³-hybridized carbons (Fsp3) is 0.538. The summed E-state index contributed by atoms with van der Waals surface area (Å²) in [6.45, 7) is 5.64. The third-order valence-electron chi connectivity index (χ3n) is 7.47. The molecule has 2 saturated heterocycles. The number of fused-ring (bicyclic) bond motifs is 1. The first-order valence-corrected chi connectivity index (χ1v) is 13.0. The molecule has 9 nitrogen and oxygen atoms in total. The van der Waals surface area contributed by atoms with Gasteiger partial charge in [-0.25, -0.2) is 4.98 Å². The van der Waals surface area contributed by atoms with Crippen molar-refractivity contribution in [2.45, 2.75) is 51.5 Å². The van der Waals surface area contributed by atoms with Gasteiger partial charge >= 0.3 is 6.69 Å². The van der Waals surface area contributed by atoms with Gasteiger partial charge in [-0.1, -0.05) is 50.6 Å². The Kier molecular flexibility index (Phi) is 8.38. The van der Waals surface area contributed by atoms with Crippen molar-refractivity contribution in [1.29, 1.82) is 0 Å². The van der Waals surface area contributed by atoms with E-state index in [1.807, 2.05) is 30.3 Å². The second-order valence-electron chi connectivity index (χ2n) is 10.7. The summed E-state index contributed by atoms with van der Waals surface area (Å²) in [7, 11) is 2.19. The van der Waals surface area contributed by atoms with Gasteiger partial charge in [0.25, 0.3) is 5.91 Å². The van der Waals surface area contributed by atoms with Crippen LogP contribution in [0.1, 0.15) is 49.2 Å². The molecule has 0 bridgehead atoms. The van der Waals surface area contributed by atoms with E-state index in [1.165, 1.54) is 18.6 Å². The Morgan fingerprint density at radius 3 is 2.36 bits per heavy atom. The number of hydrogen-bond acceptors (Lipinski definition) is 6. The van der Waals surface area contributed by atoms with Crippen LogP contribution >= 0.6 is 0 Å². The molecule has 3 heterocycles. The van der Waals surface area contributed by atoms with Crippen molar-refractivity contribution >= 4 is 18.5 Å². The molecular weight excluding hydrogens is 457 g/mol. The van der Waals surface area contributed by atoms with Crippen molar-refractivity contribution in [3.63, 3.8) is 0 Å². The zero-order chi connectivity index (χ0) is 25.6. The molecule has 2 atom stereocenters. The Morgan fingerprint density at radius 2 is 1.75 bits per heavy atom. The van der Waals surface area contributed by atoms with Gasteiger partial charge in [0.15, 0.2) is 0 Å². The molecule has 0 spiro atoms. The van der Waals surface area contributed by atoms with Crippen LogP contribution < -0.4 is 10.6 Å². The van der Waals surface area contributed by atoms with Crippen molar-refractivity contribution < 1.29 is 23.3 Å². The van der Waals surface area contributed by atoms with E-state index >= 15 is 0 Å². The molecule has 2 fully saturated rings. The Balaban J connectivity index is 1.60. The molecule has 194 valence electrons. The molecule has 1 aromatic carbocycles. The molecule has 0 unspecified atom stereocenters. The zero-order valence-electron chi connectivity index (χ0n) is 21.6. The van der Waals surface area contributed by atoms with Crippen LogP contribution in [0.4, 0.5) is 0 Å². The summed E-state index contributed by atoms with van der Waals surface area (Å²) in [6.07, 6.45) is 7.36. The van der Waals surface area contributed by atoms with Crippen molar-refractivity contribution in [1.82, 2.24) is 20.6 Å². The van der Waals surface area contributed by atoms with Gasteiger partial charge in [-0.3, -0.25) is 14.6 Å². The number of carbonyl (C=O) groups excluding carboxylic acids is 2. The molecular formula is C26H38BN5O4. The summed E-state index contributed by atoms with van der Waals surface area (Å²) >= 11 is 0. The quantitative estimate of drug-likeness (QED) is 0.517. The lowest BCUT2D eigenvalue weighted by molar-refractivity contribution is -0.842. The lowest BCUT2D eigenvalue weighted by Gasteiger charge is -2.64. The van der Waals surface area contributed by atoms with Crippen molar-refractivity contribution in [3.8, 4) is 0 Å². The van der Waals surface area contributed by atoms with Crippen LogP contribution in [-0.4, -0.2) is 78.2 Å². The number of hydrogen-bond donors (Lipinski definition) is 2. The van der Waals surface area contributed by atoms with E-state index in [0.717, 1.165) is 37.9 Å². The molecule has 0 saturated carbocycles.